The summed E-state index contributed by atoms with van der Waals surface area (Å²) in [7, 11) is 0. The molecule has 0 bridgehead atoms. The summed E-state index contributed by atoms with van der Waals surface area (Å²) in [5.74, 6) is -0.313. The van der Waals surface area contributed by atoms with E-state index < -0.39 is 0 Å². The molecule has 6 heteroatoms. The number of hydrogen-bond acceptors (Lipinski definition) is 4. The van der Waals surface area contributed by atoms with Gasteiger partial charge >= 0.3 is 0 Å². The fourth-order valence-corrected chi connectivity index (χ4v) is 3.17. The van der Waals surface area contributed by atoms with Gasteiger partial charge in [0.2, 0.25) is 0 Å². The van der Waals surface area contributed by atoms with Crippen LogP contribution in [-0.4, -0.2) is 15.9 Å². The Hall–Kier alpha value is -1.98. The average molecular weight is 318 g/mol. The minimum absolute atomic E-state index is 0.273. The number of pyridine rings is 1. The highest BCUT2D eigenvalue weighted by Crippen LogP contribution is 2.31. The Balaban J connectivity index is 1.93. The lowest BCUT2D eigenvalue weighted by molar-refractivity contribution is 0.102. The van der Waals surface area contributed by atoms with Gasteiger partial charge in [0.05, 0.1) is 10.2 Å². The third kappa shape index (κ3) is 2.75. The maximum Gasteiger partial charge on any atom is 0.276 e. The number of thiazole rings is 1. The van der Waals surface area contributed by atoms with Crippen molar-refractivity contribution in [1.82, 2.24) is 9.97 Å². The van der Waals surface area contributed by atoms with E-state index in [2.05, 4.69) is 21.4 Å². The van der Waals surface area contributed by atoms with Crippen molar-refractivity contribution in [3.8, 4) is 0 Å². The molecule has 21 heavy (non-hydrogen) atoms. The van der Waals surface area contributed by atoms with Crippen molar-refractivity contribution in [2.75, 3.05) is 5.32 Å². The van der Waals surface area contributed by atoms with Crippen molar-refractivity contribution >= 4 is 44.2 Å². The smallest absolute Gasteiger partial charge is 0.276 e. The first kappa shape index (κ1) is 14.0. The molecule has 2 aromatic heterocycles. The van der Waals surface area contributed by atoms with Crippen LogP contribution in [0.3, 0.4) is 0 Å². The molecule has 0 aliphatic rings. The molecule has 1 amide bonds. The van der Waals surface area contributed by atoms with Crippen LogP contribution in [0.1, 0.15) is 21.6 Å². The van der Waals surface area contributed by atoms with Gasteiger partial charge in [-0.1, -0.05) is 35.1 Å². The largest absolute Gasteiger partial charge is 0.296 e. The summed E-state index contributed by atoms with van der Waals surface area (Å²) >= 11 is 7.33. The van der Waals surface area contributed by atoms with Crippen molar-refractivity contribution in [2.24, 2.45) is 0 Å². The minimum atomic E-state index is -0.313. The topological polar surface area (TPSA) is 54.9 Å². The van der Waals surface area contributed by atoms with Gasteiger partial charge in [-0.3, -0.25) is 15.1 Å². The molecule has 106 valence electrons. The number of carbonyl (C=O) groups excluding carboxylic acids is 1. The monoisotopic (exact) mass is 317 g/mol. The summed E-state index contributed by atoms with van der Waals surface area (Å²) in [6.45, 7) is 4.04. The summed E-state index contributed by atoms with van der Waals surface area (Å²) in [5, 5.41) is 3.82. The lowest BCUT2D eigenvalue weighted by Gasteiger charge is -2.00. The fourth-order valence-electron chi connectivity index (χ4n) is 2.00. The van der Waals surface area contributed by atoms with Gasteiger partial charge in [-0.05, 0) is 37.1 Å². The number of halogens is 1. The number of carbonyl (C=O) groups is 1. The zero-order chi connectivity index (χ0) is 15.0. The first-order chi connectivity index (χ1) is 10.0. The molecule has 0 saturated carbocycles. The van der Waals surface area contributed by atoms with Crippen LogP contribution in [0.4, 0.5) is 5.13 Å². The van der Waals surface area contributed by atoms with Crippen molar-refractivity contribution < 1.29 is 4.79 Å². The van der Waals surface area contributed by atoms with E-state index in [1.54, 1.807) is 6.07 Å². The Morgan fingerprint density at radius 2 is 2.00 bits per heavy atom. The first-order valence-corrected chi connectivity index (χ1v) is 7.53. The Kier molecular flexibility index (Phi) is 3.61. The maximum absolute atomic E-state index is 12.1. The van der Waals surface area contributed by atoms with Crippen LogP contribution in [0.5, 0.6) is 0 Å². The van der Waals surface area contributed by atoms with Crippen LogP contribution < -0.4 is 5.32 Å². The van der Waals surface area contributed by atoms with E-state index in [9.17, 15) is 4.79 Å². The third-order valence-electron chi connectivity index (χ3n) is 3.12. The highest BCUT2D eigenvalue weighted by Gasteiger charge is 2.13. The fraction of sp³-hybridized carbons (Fsp3) is 0.133. The Labute approximate surface area is 130 Å². The zero-order valence-corrected chi connectivity index (χ0v) is 13.0. The summed E-state index contributed by atoms with van der Waals surface area (Å²) in [6.07, 6.45) is 1.50. The molecule has 1 aromatic carbocycles. The standard InChI is InChI=1S/C15H12ClN3OS/c1-8-3-4-9(2)13-12(8)18-15(21-13)19-14(20)11-7-10(16)5-6-17-11/h3-7H,1-2H3,(H,18,19,20). The molecule has 0 atom stereocenters. The van der Waals surface area contributed by atoms with Crippen molar-refractivity contribution in [2.45, 2.75) is 13.8 Å². The number of rotatable bonds is 2. The number of fused-ring (bicyclic) bond motifs is 1. The van der Waals surface area contributed by atoms with E-state index in [1.165, 1.54) is 23.6 Å². The van der Waals surface area contributed by atoms with Crippen LogP contribution in [0.25, 0.3) is 10.2 Å². The molecule has 0 aliphatic carbocycles. The molecule has 4 nitrogen and oxygen atoms in total. The van der Waals surface area contributed by atoms with Gasteiger partial charge in [-0.25, -0.2) is 4.98 Å². The number of anilines is 1. The molecule has 0 unspecified atom stereocenters. The number of nitrogens with zero attached hydrogens (tertiary/aromatic N) is 2. The van der Waals surface area contributed by atoms with Gasteiger partial charge in [0.15, 0.2) is 5.13 Å². The number of amides is 1. The molecule has 0 fully saturated rings. The predicted molar refractivity (Wildman–Crippen MR) is 86.3 cm³/mol. The summed E-state index contributed by atoms with van der Waals surface area (Å²) < 4.78 is 1.09. The summed E-state index contributed by atoms with van der Waals surface area (Å²) in [5.41, 5.74) is 3.44. The predicted octanol–water partition coefficient (Wildman–Crippen LogP) is 4.21. The third-order valence-corrected chi connectivity index (χ3v) is 4.46. The van der Waals surface area contributed by atoms with E-state index in [1.807, 2.05) is 19.9 Å². The Bertz CT molecular complexity index is 805. The maximum atomic E-state index is 12.1. The van der Waals surface area contributed by atoms with Crippen molar-refractivity contribution in [3.63, 3.8) is 0 Å². The SMILES string of the molecule is Cc1ccc(C)c2sc(NC(=O)c3cc(Cl)ccn3)nc12. The molecular weight excluding hydrogens is 306 g/mol. The zero-order valence-electron chi connectivity index (χ0n) is 11.5. The highest BCUT2D eigenvalue weighted by molar-refractivity contribution is 7.22. The van der Waals surface area contributed by atoms with E-state index in [0.717, 1.165) is 21.3 Å². The van der Waals surface area contributed by atoms with Crippen LogP contribution in [0.2, 0.25) is 5.02 Å². The van der Waals surface area contributed by atoms with Crippen LogP contribution in [0, 0.1) is 13.8 Å². The summed E-state index contributed by atoms with van der Waals surface area (Å²) in [6, 6.07) is 7.24. The molecule has 2 heterocycles. The lowest BCUT2D eigenvalue weighted by Crippen LogP contribution is -2.13. The van der Waals surface area contributed by atoms with Gasteiger partial charge in [0.1, 0.15) is 5.69 Å². The molecule has 0 aliphatic heterocycles. The first-order valence-electron chi connectivity index (χ1n) is 6.34. The quantitative estimate of drug-likeness (QED) is 0.770. The van der Waals surface area contributed by atoms with Crippen molar-refractivity contribution in [1.29, 1.82) is 0 Å². The second kappa shape index (κ2) is 5.42. The Morgan fingerprint density at radius 3 is 2.71 bits per heavy atom. The Morgan fingerprint density at radius 1 is 1.24 bits per heavy atom. The van der Waals surface area contributed by atoms with Gasteiger partial charge in [0.25, 0.3) is 5.91 Å². The normalized spacial score (nSPS) is 10.8. The van der Waals surface area contributed by atoms with E-state index in [0.29, 0.717) is 10.2 Å². The molecule has 3 aromatic rings. The van der Waals surface area contributed by atoms with Gasteiger partial charge in [-0.15, -0.1) is 0 Å². The van der Waals surface area contributed by atoms with E-state index in [4.69, 9.17) is 11.6 Å². The second-order valence-corrected chi connectivity index (χ2v) is 6.15. The number of nitrogens with one attached hydrogen (secondary N) is 1. The molecule has 3 rings (SSSR count). The van der Waals surface area contributed by atoms with Crippen LogP contribution in [0.15, 0.2) is 30.5 Å². The van der Waals surface area contributed by atoms with E-state index >= 15 is 0 Å². The van der Waals surface area contributed by atoms with Crippen molar-refractivity contribution in [3.05, 3.63) is 52.3 Å². The molecular formula is C15H12ClN3OS. The highest BCUT2D eigenvalue weighted by atomic mass is 35.5. The van der Waals surface area contributed by atoms with Gasteiger partial charge in [-0.2, -0.15) is 0 Å². The summed E-state index contributed by atoms with van der Waals surface area (Å²) in [4.78, 5) is 20.6. The van der Waals surface area contributed by atoms with Crippen LogP contribution in [-0.2, 0) is 0 Å². The number of aryl methyl sites for hydroxylation is 2. The second-order valence-electron chi connectivity index (χ2n) is 4.71. The number of benzene rings is 1. The lowest BCUT2D eigenvalue weighted by atomic mass is 10.1. The van der Waals surface area contributed by atoms with Gasteiger partial charge < -0.3 is 0 Å². The average Bonchev–Trinajstić information content (AvgIpc) is 2.88. The molecule has 0 saturated heterocycles. The van der Waals surface area contributed by atoms with E-state index in [-0.39, 0.29) is 11.6 Å². The van der Waals surface area contributed by atoms with Crippen LogP contribution >= 0.6 is 22.9 Å². The number of hydrogen-bond donors (Lipinski definition) is 1. The van der Waals surface area contributed by atoms with Gasteiger partial charge in [0, 0.05) is 11.2 Å². The number of aromatic nitrogens is 2. The molecule has 0 spiro atoms. The molecule has 0 radical (unpaired) electrons. The molecule has 1 N–H and O–H groups in total. The minimum Gasteiger partial charge on any atom is -0.296 e.